The maximum atomic E-state index is 4.25. The van der Waals surface area contributed by atoms with Crippen LogP contribution in [0.3, 0.4) is 0 Å². The summed E-state index contributed by atoms with van der Waals surface area (Å²) in [7, 11) is -0.276. The molecule has 0 spiro atoms. The second-order valence-corrected chi connectivity index (χ2v) is 19.7. The van der Waals surface area contributed by atoms with Gasteiger partial charge in [0.15, 0.2) is 0 Å². The van der Waals surface area contributed by atoms with Crippen molar-refractivity contribution in [3.8, 4) is 0 Å². The number of hydrogen-bond acceptors (Lipinski definition) is 1. The molecule has 0 aliphatic heterocycles. The van der Waals surface area contributed by atoms with E-state index in [1.165, 1.54) is 151 Å². The van der Waals surface area contributed by atoms with Gasteiger partial charge in [-0.3, -0.25) is 0 Å². The van der Waals surface area contributed by atoms with Crippen molar-refractivity contribution in [2.75, 3.05) is 5.32 Å². The van der Waals surface area contributed by atoms with E-state index < -0.39 is 0 Å². The van der Waals surface area contributed by atoms with Crippen LogP contribution in [-0.2, 0) is 0 Å². The zero-order valence-corrected chi connectivity index (χ0v) is 28.1. The fourth-order valence-corrected chi connectivity index (χ4v) is 16.9. The molecule has 0 radical (unpaired) electrons. The zero-order chi connectivity index (χ0) is 28.0. The molecule has 0 heterocycles. The molecule has 41 heavy (non-hydrogen) atoms. The Morgan fingerprint density at radius 1 is 0.439 bits per heavy atom. The lowest BCUT2D eigenvalue weighted by molar-refractivity contribution is 0.487. The Bertz CT molecular complexity index is 980. The van der Waals surface area contributed by atoms with Crippen LogP contribution in [0.2, 0.25) is 0 Å². The van der Waals surface area contributed by atoms with Gasteiger partial charge in [-0.15, -0.1) is 0 Å². The van der Waals surface area contributed by atoms with Crippen LogP contribution in [-0.4, -0.2) is 22.6 Å². The zero-order valence-electron chi connectivity index (χ0n) is 26.3. The van der Waals surface area contributed by atoms with Crippen molar-refractivity contribution < 1.29 is 0 Å². The Morgan fingerprint density at radius 2 is 0.732 bits per heavy atom. The van der Waals surface area contributed by atoms with E-state index >= 15 is 0 Å². The lowest BCUT2D eigenvalue weighted by atomic mass is 9.99. The molecule has 0 amide bonds. The van der Waals surface area contributed by atoms with Gasteiger partial charge >= 0.3 is 0 Å². The van der Waals surface area contributed by atoms with Gasteiger partial charge in [0.1, 0.15) is 0 Å². The Hall–Kier alpha value is -0.900. The van der Waals surface area contributed by atoms with Crippen LogP contribution in [0.4, 0.5) is 11.4 Å². The number of aryl methyl sites for hydroxylation is 2. The minimum absolute atomic E-state index is 0.138. The van der Waals surface area contributed by atoms with Crippen molar-refractivity contribution in [1.82, 2.24) is 0 Å². The molecule has 4 aliphatic rings. The number of nitrogens with one attached hydrogen (secondary N) is 1. The van der Waals surface area contributed by atoms with Gasteiger partial charge < -0.3 is 5.32 Å². The topological polar surface area (TPSA) is 12.0 Å². The lowest BCUT2D eigenvalue weighted by Gasteiger charge is -2.41. The lowest BCUT2D eigenvalue weighted by Crippen LogP contribution is -2.29. The van der Waals surface area contributed by atoms with Gasteiger partial charge in [0, 0.05) is 22.0 Å². The maximum Gasteiger partial charge on any atom is 0.0462 e. The number of benzene rings is 2. The van der Waals surface area contributed by atoms with Crippen molar-refractivity contribution in [1.29, 1.82) is 0 Å². The predicted molar refractivity (Wildman–Crippen MR) is 186 cm³/mol. The molecule has 2 aromatic carbocycles. The van der Waals surface area contributed by atoms with E-state index in [1.54, 1.807) is 10.6 Å². The number of anilines is 2. The average molecular weight is 590 g/mol. The molecular formula is C38H57NP2. The summed E-state index contributed by atoms with van der Waals surface area (Å²) in [5, 5.41) is 7.70. The first-order valence-electron chi connectivity index (χ1n) is 17.7. The van der Waals surface area contributed by atoms with Crippen LogP contribution in [0.1, 0.15) is 140 Å². The smallest absolute Gasteiger partial charge is 0.0462 e. The fraction of sp³-hybridized carbons (Fsp3) is 0.684. The van der Waals surface area contributed by atoms with Gasteiger partial charge in [0.05, 0.1) is 0 Å². The van der Waals surface area contributed by atoms with Crippen LogP contribution in [0.25, 0.3) is 0 Å². The number of hydrogen-bond donors (Lipinski definition) is 1. The van der Waals surface area contributed by atoms with E-state index in [1.807, 2.05) is 0 Å². The Balaban J connectivity index is 1.38. The maximum absolute atomic E-state index is 4.25. The quantitative estimate of drug-likeness (QED) is 0.302. The van der Waals surface area contributed by atoms with Gasteiger partial charge in [-0.1, -0.05) is 116 Å². The second kappa shape index (κ2) is 14.7. The van der Waals surface area contributed by atoms with E-state index in [0.717, 1.165) is 22.6 Å². The van der Waals surface area contributed by atoms with Crippen LogP contribution >= 0.6 is 15.8 Å². The number of rotatable bonds is 8. The van der Waals surface area contributed by atoms with E-state index in [-0.39, 0.29) is 15.8 Å². The molecule has 3 heteroatoms. The Labute approximate surface area is 255 Å². The first kappa shape index (κ1) is 30.1. The SMILES string of the molecule is Cc1ccc(Nc2ccc(C)cc2P(C2CCCCC2)C2CCCCC2)c(P(C2CCCCC2)C2CCCCC2)c1. The molecule has 1 nitrogen and oxygen atoms in total. The third kappa shape index (κ3) is 7.43. The van der Waals surface area contributed by atoms with Crippen molar-refractivity contribution in [3.63, 3.8) is 0 Å². The van der Waals surface area contributed by atoms with Gasteiger partial charge in [-0.25, -0.2) is 0 Å². The predicted octanol–water partition coefficient (Wildman–Crippen LogP) is 11.6. The standard InChI is InChI=1S/C38H57NP2/c1-29-23-25-35(37(27-29)40(31-15-7-3-8-16-31)32-17-9-4-10-18-32)39-36-26-24-30(2)28-38(36)41(33-19-11-5-12-20-33)34-21-13-6-14-22-34/h23-28,31-34,39H,3-22H2,1-2H3. The third-order valence-corrected chi connectivity index (χ3v) is 18.1. The largest absolute Gasteiger partial charge is 0.354 e. The van der Waals surface area contributed by atoms with E-state index in [2.05, 4.69) is 55.6 Å². The minimum atomic E-state index is -0.138. The fourth-order valence-electron chi connectivity index (χ4n) is 8.89. The van der Waals surface area contributed by atoms with E-state index in [4.69, 9.17) is 0 Å². The third-order valence-electron chi connectivity index (χ3n) is 11.0. The molecule has 2 aromatic rings. The van der Waals surface area contributed by atoms with E-state index in [9.17, 15) is 0 Å². The molecule has 224 valence electrons. The molecule has 1 N–H and O–H groups in total. The van der Waals surface area contributed by atoms with Crippen LogP contribution in [0, 0.1) is 13.8 Å². The molecule has 0 saturated heterocycles. The summed E-state index contributed by atoms with van der Waals surface area (Å²) in [5.41, 5.74) is 9.58. The summed E-state index contributed by atoms with van der Waals surface area (Å²) < 4.78 is 0. The normalized spacial score (nSPS) is 22.4. The highest BCUT2D eigenvalue weighted by Gasteiger charge is 2.36. The molecule has 4 aliphatic carbocycles. The summed E-state index contributed by atoms with van der Waals surface area (Å²) in [5.74, 6) is 0. The first-order valence-corrected chi connectivity index (χ1v) is 20.7. The second-order valence-electron chi connectivity index (χ2n) is 14.1. The molecule has 0 bridgehead atoms. The van der Waals surface area contributed by atoms with E-state index in [0.29, 0.717) is 0 Å². The summed E-state index contributed by atoms with van der Waals surface area (Å²) in [6, 6.07) is 15.0. The van der Waals surface area contributed by atoms with Crippen molar-refractivity contribution >= 4 is 37.8 Å². The van der Waals surface area contributed by atoms with Crippen molar-refractivity contribution in [2.24, 2.45) is 0 Å². The molecule has 0 aromatic heterocycles. The van der Waals surface area contributed by atoms with Crippen molar-refractivity contribution in [2.45, 2.75) is 165 Å². The summed E-state index contributed by atoms with van der Waals surface area (Å²) in [4.78, 5) is 0. The van der Waals surface area contributed by atoms with Gasteiger partial charge in [0.2, 0.25) is 0 Å². The van der Waals surface area contributed by atoms with Crippen LogP contribution in [0.5, 0.6) is 0 Å². The van der Waals surface area contributed by atoms with Crippen LogP contribution < -0.4 is 15.9 Å². The monoisotopic (exact) mass is 589 g/mol. The molecule has 4 fully saturated rings. The Morgan fingerprint density at radius 3 is 1.02 bits per heavy atom. The Kier molecular flexibility index (Phi) is 10.8. The highest BCUT2D eigenvalue weighted by molar-refractivity contribution is 7.67. The summed E-state index contributed by atoms with van der Waals surface area (Å²) in [6.07, 6.45) is 29.3. The van der Waals surface area contributed by atoms with Gasteiger partial charge in [0.25, 0.3) is 0 Å². The molecular weight excluding hydrogens is 532 g/mol. The van der Waals surface area contributed by atoms with Crippen molar-refractivity contribution in [3.05, 3.63) is 47.5 Å². The molecule has 6 rings (SSSR count). The molecule has 0 unspecified atom stereocenters. The summed E-state index contributed by atoms with van der Waals surface area (Å²) >= 11 is 0. The molecule has 4 saturated carbocycles. The first-order chi connectivity index (χ1) is 20.2. The van der Waals surface area contributed by atoms with Crippen LogP contribution in [0.15, 0.2) is 36.4 Å². The molecule has 0 atom stereocenters. The summed E-state index contributed by atoms with van der Waals surface area (Å²) in [6.45, 7) is 4.68. The highest BCUT2D eigenvalue weighted by Crippen LogP contribution is 2.58. The van der Waals surface area contributed by atoms with Gasteiger partial charge in [-0.2, -0.15) is 0 Å². The average Bonchev–Trinajstić information content (AvgIpc) is 3.02. The highest BCUT2D eigenvalue weighted by atomic mass is 31.1. The minimum Gasteiger partial charge on any atom is -0.354 e. The van der Waals surface area contributed by atoms with Gasteiger partial charge in [-0.05, 0) is 112 Å².